The Kier molecular flexibility index (Phi) is 4.06. The van der Waals surface area contributed by atoms with Crippen LogP contribution >= 0.6 is 11.6 Å². The van der Waals surface area contributed by atoms with Gasteiger partial charge in [0.05, 0.1) is 24.9 Å². The van der Waals surface area contributed by atoms with Crippen LogP contribution in [0.4, 0.5) is 0 Å². The van der Waals surface area contributed by atoms with Gasteiger partial charge in [-0.3, -0.25) is 4.79 Å². The number of aromatic hydroxyl groups is 1. The van der Waals surface area contributed by atoms with Crippen LogP contribution in [0.15, 0.2) is 18.2 Å². The molecule has 1 heterocycles. The maximum atomic E-state index is 12.2. The van der Waals surface area contributed by atoms with Gasteiger partial charge in [0.2, 0.25) is 0 Å². The smallest absolute Gasteiger partial charge is 0.257 e. The number of benzene rings is 1. The molecule has 0 spiro atoms. The number of phenolic OH excluding ortho intramolecular Hbond substituents is 1. The van der Waals surface area contributed by atoms with E-state index >= 15 is 0 Å². The standard InChI is InChI=1S/C12H14ClNO4/c13-8-1-2-10(11(16)5-8)12(17)14-3-4-18-9(6-14)7-15/h1-2,5,9,15-16H,3-4,6-7H2. The molecule has 0 radical (unpaired) electrons. The minimum Gasteiger partial charge on any atom is -0.507 e. The Morgan fingerprint density at radius 2 is 2.33 bits per heavy atom. The molecule has 0 aromatic heterocycles. The lowest BCUT2D eigenvalue weighted by Crippen LogP contribution is -2.46. The highest BCUT2D eigenvalue weighted by Gasteiger charge is 2.25. The molecule has 1 aromatic rings. The van der Waals surface area contributed by atoms with Crippen LogP contribution in [0.25, 0.3) is 0 Å². The quantitative estimate of drug-likeness (QED) is 0.838. The SMILES string of the molecule is O=C(c1ccc(Cl)cc1O)N1CCOC(CO)C1. The first-order valence-electron chi connectivity index (χ1n) is 5.62. The van der Waals surface area contributed by atoms with Crippen molar-refractivity contribution >= 4 is 17.5 Å². The highest BCUT2D eigenvalue weighted by atomic mass is 35.5. The summed E-state index contributed by atoms with van der Waals surface area (Å²) in [5.74, 6) is -0.426. The summed E-state index contributed by atoms with van der Waals surface area (Å²) in [5.41, 5.74) is 0.206. The van der Waals surface area contributed by atoms with Gasteiger partial charge < -0.3 is 19.8 Å². The summed E-state index contributed by atoms with van der Waals surface area (Å²) in [4.78, 5) is 13.7. The fraction of sp³-hybridized carbons (Fsp3) is 0.417. The van der Waals surface area contributed by atoms with E-state index in [4.69, 9.17) is 21.4 Å². The van der Waals surface area contributed by atoms with Crippen LogP contribution < -0.4 is 0 Å². The molecule has 5 nitrogen and oxygen atoms in total. The number of phenols is 1. The molecule has 1 aromatic carbocycles. The van der Waals surface area contributed by atoms with Crippen LogP contribution in [0.2, 0.25) is 5.02 Å². The largest absolute Gasteiger partial charge is 0.507 e. The molecule has 2 N–H and O–H groups in total. The predicted octanol–water partition coefficient (Wildman–Crippen LogP) is 0.879. The number of morpholine rings is 1. The van der Waals surface area contributed by atoms with E-state index in [-0.39, 0.29) is 29.9 Å². The van der Waals surface area contributed by atoms with Crippen molar-refractivity contribution in [2.75, 3.05) is 26.3 Å². The van der Waals surface area contributed by atoms with E-state index < -0.39 is 0 Å². The summed E-state index contributed by atoms with van der Waals surface area (Å²) < 4.78 is 5.27. The van der Waals surface area contributed by atoms with E-state index in [0.29, 0.717) is 24.7 Å². The van der Waals surface area contributed by atoms with Crippen molar-refractivity contribution in [1.29, 1.82) is 0 Å². The lowest BCUT2D eigenvalue weighted by molar-refractivity contribution is -0.0447. The molecule has 0 aliphatic carbocycles. The lowest BCUT2D eigenvalue weighted by atomic mass is 10.1. The highest BCUT2D eigenvalue weighted by Crippen LogP contribution is 2.23. The van der Waals surface area contributed by atoms with Crippen LogP contribution in [-0.4, -0.2) is 53.4 Å². The number of nitrogens with zero attached hydrogens (tertiary/aromatic N) is 1. The number of hydrogen-bond donors (Lipinski definition) is 2. The van der Waals surface area contributed by atoms with Gasteiger partial charge in [-0.15, -0.1) is 0 Å². The van der Waals surface area contributed by atoms with E-state index in [0.717, 1.165) is 0 Å². The third-order valence-electron chi connectivity index (χ3n) is 2.82. The Morgan fingerprint density at radius 3 is 3.00 bits per heavy atom. The van der Waals surface area contributed by atoms with Crippen LogP contribution in [0.1, 0.15) is 10.4 Å². The van der Waals surface area contributed by atoms with Gasteiger partial charge in [-0.05, 0) is 18.2 Å². The van der Waals surface area contributed by atoms with Crippen LogP contribution in [0.5, 0.6) is 5.75 Å². The van der Waals surface area contributed by atoms with E-state index in [9.17, 15) is 9.90 Å². The molecule has 1 amide bonds. The first-order chi connectivity index (χ1) is 8.61. The van der Waals surface area contributed by atoms with Crippen molar-refractivity contribution in [2.45, 2.75) is 6.10 Å². The van der Waals surface area contributed by atoms with E-state index in [2.05, 4.69) is 0 Å². The maximum absolute atomic E-state index is 12.2. The molecular formula is C12H14ClNO4. The number of rotatable bonds is 2. The molecule has 0 bridgehead atoms. The zero-order valence-corrected chi connectivity index (χ0v) is 10.4. The number of hydrogen-bond acceptors (Lipinski definition) is 4. The van der Waals surface area contributed by atoms with Crippen LogP contribution in [0, 0.1) is 0 Å². The zero-order valence-electron chi connectivity index (χ0n) is 9.67. The molecule has 1 aliphatic heterocycles. The number of carbonyl (C=O) groups is 1. The summed E-state index contributed by atoms with van der Waals surface area (Å²) in [6.07, 6.45) is -0.364. The lowest BCUT2D eigenvalue weighted by Gasteiger charge is -2.32. The second-order valence-electron chi connectivity index (χ2n) is 4.09. The number of ether oxygens (including phenoxy) is 1. The van der Waals surface area contributed by atoms with Gasteiger partial charge in [0.1, 0.15) is 5.75 Å². The van der Waals surface area contributed by atoms with Gasteiger partial charge in [0.15, 0.2) is 0 Å². The Bertz CT molecular complexity index is 452. The monoisotopic (exact) mass is 271 g/mol. The molecule has 1 atom stereocenters. The molecule has 18 heavy (non-hydrogen) atoms. The molecule has 2 rings (SSSR count). The van der Waals surface area contributed by atoms with E-state index in [1.165, 1.54) is 12.1 Å². The third-order valence-corrected chi connectivity index (χ3v) is 3.05. The van der Waals surface area contributed by atoms with Crippen molar-refractivity contribution in [2.24, 2.45) is 0 Å². The summed E-state index contributed by atoms with van der Waals surface area (Å²) in [5, 5.41) is 19.1. The van der Waals surface area contributed by atoms with Gasteiger partial charge in [0, 0.05) is 18.1 Å². The predicted molar refractivity (Wildman–Crippen MR) is 65.8 cm³/mol. The minimum atomic E-state index is -0.364. The van der Waals surface area contributed by atoms with Gasteiger partial charge in [-0.1, -0.05) is 11.6 Å². The normalized spacial score (nSPS) is 19.9. The fourth-order valence-corrected chi connectivity index (χ4v) is 2.04. The molecule has 6 heteroatoms. The number of halogens is 1. The second-order valence-corrected chi connectivity index (χ2v) is 4.52. The number of aliphatic hydroxyl groups is 1. The average molecular weight is 272 g/mol. The summed E-state index contributed by atoms with van der Waals surface area (Å²) in [6, 6.07) is 4.38. The van der Waals surface area contributed by atoms with Gasteiger partial charge in [-0.2, -0.15) is 0 Å². The van der Waals surface area contributed by atoms with Crippen molar-refractivity contribution < 1.29 is 19.7 Å². The number of carbonyl (C=O) groups excluding carboxylic acids is 1. The highest BCUT2D eigenvalue weighted by molar-refractivity contribution is 6.30. The third kappa shape index (κ3) is 2.75. The Hall–Kier alpha value is -1.30. The second kappa shape index (κ2) is 5.56. The zero-order chi connectivity index (χ0) is 13.1. The molecular weight excluding hydrogens is 258 g/mol. The van der Waals surface area contributed by atoms with Crippen molar-refractivity contribution in [3.05, 3.63) is 28.8 Å². The summed E-state index contributed by atoms with van der Waals surface area (Å²) in [7, 11) is 0. The van der Waals surface area contributed by atoms with Gasteiger partial charge in [-0.25, -0.2) is 0 Å². The van der Waals surface area contributed by atoms with Crippen molar-refractivity contribution in [3.63, 3.8) is 0 Å². The van der Waals surface area contributed by atoms with Crippen molar-refractivity contribution in [1.82, 2.24) is 4.90 Å². The summed E-state index contributed by atoms with van der Waals surface area (Å²) in [6.45, 7) is 1.01. The average Bonchev–Trinajstić information content (AvgIpc) is 2.38. The Labute approximate surface area is 110 Å². The van der Waals surface area contributed by atoms with Crippen LogP contribution in [0.3, 0.4) is 0 Å². The molecule has 1 unspecified atom stereocenters. The number of aliphatic hydroxyl groups excluding tert-OH is 1. The Morgan fingerprint density at radius 1 is 1.56 bits per heavy atom. The van der Waals surface area contributed by atoms with E-state index in [1.807, 2.05) is 0 Å². The van der Waals surface area contributed by atoms with E-state index in [1.54, 1.807) is 11.0 Å². The summed E-state index contributed by atoms with van der Waals surface area (Å²) >= 11 is 5.72. The van der Waals surface area contributed by atoms with Gasteiger partial charge >= 0.3 is 0 Å². The molecule has 98 valence electrons. The minimum absolute atomic E-state index is 0.129. The molecule has 1 fully saturated rings. The first-order valence-corrected chi connectivity index (χ1v) is 6.00. The first kappa shape index (κ1) is 13.1. The maximum Gasteiger partial charge on any atom is 0.257 e. The topological polar surface area (TPSA) is 70.0 Å². The number of amides is 1. The van der Waals surface area contributed by atoms with Gasteiger partial charge in [0.25, 0.3) is 5.91 Å². The van der Waals surface area contributed by atoms with Crippen LogP contribution in [-0.2, 0) is 4.74 Å². The molecule has 1 saturated heterocycles. The molecule has 1 aliphatic rings. The fourth-order valence-electron chi connectivity index (χ4n) is 1.87. The van der Waals surface area contributed by atoms with Crippen molar-refractivity contribution in [3.8, 4) is 5.75 Å². The molecule has 0 saturated carbocycles. The Balaban J connectivity index is 2.15.